The molecule has 0 aliphatic rings. The van der Waals surface area contributed by atoms with Crippen LogP contribution in [0.2, 0.25) is 0 Å². The normalized spacial score (nSPS) is 11.0. The van der Waals surface area contributed by atoms with Crippen LogP contribution >= 0.6 is 22.6 Å². The van der Waals surface area contributed by atoms with Crippen molar-refractivity contribution in [1.82, 2.24) is 4.98 Å². The Morgan fingerprint density at radius 3 is 2.62 bits per heavy atom. The van der Waals surface area contributed by atoms with E-state index in [-0.39, 0.29) is 15.9 Å². The highest BCUT2D eigenvalue weighted by molar-refractivity contribution is 14.1. The van der Waals surface area contributed by atoms with Crippen molar-refractivity contribution in [2.24, 2.45) is 0 Å². The number of nitriles is 1. The van der Waals surface area contributed by atoms with Gasteiger partial charge in [-0.2, -0.15) is 5.26 Å². The van der Waals surface area contributed by atoms with Crippen molar-refractivity contribution in [2.45, 2.75) is 19.7 Å². The third-order valence-corrected chi connectivity index (χ3v) is 2.38. The smallest absolute Gasteiger partial charge is 0.403 e. The topological polar surface area (TPSA) is 45.9 Å². The van der Waals surface area contributed by atoms with Gasteiger partial charge in [-0.3, -0.25) is 0 Å². The number of pyridine rings is 1. The lowest BCUT2D eigenvalue weighted by atomic mass is 10.2. The monoisotopic (exact) mass is 342 g/mol. The first-order valence-corrected chi connectivity index (χ1v) is 5.20. The molecule has 0 radical (unpaired) electrons. The van der Waals surface area contributed by atoms with Gasteiger partial charge in [0, 0.05) is 0 Å². The third-order valence-electron chi connectivity index (χ3n) is 1.65. The van der Waals surface area contributed by atoms with E-state index in [1.165, 1.54) is 13.0 Å². The summed E-state index contributed by atoms with van der Waals surface area (Å²) in [4.78, 5) is 3.85. The van der Waals surface area contributed by atoms with Crippen LogP contribution in [0.25, 0.3) is 0 Å². The summed E-state index contributed by atoms with van der Waals surface area (Å²) in [7, 11) is 0. The SMILES string of the molecule is Cc1cc(CC#N)nc(I)c1OC(F)(F)F. The molecule has 3 nitrogen and oxygen atoms in total. The number of halogens is 4. The molecule has 16 heavy (non-hydrogen) atoms. The first kappa shape index (κ1) is 13.0. The van der Waals surface area contributed by atoms with Crippen molar-refractivity contribution in [3.05, 3.63) is 21.0 Å². The number of aromatic nitrogens is 1. The van der Waals surface area contributed by atoms with Crippen LogP contribution in [0.3, 0.4) is 0 Å². The molecule has 1 aromatic heterocycles. The molecule has 0 N–H and O–H groups in total. The fourth-order valence-electron chi connectivity index (χ4n) is 1.10. The van der Waals surface area contributed by atoms with E-state index in [0.717, 1.165) is 0 Å². The summed E-state index contributed by atoms with van der Waals surface area (Å²) >= 11 is 1.65. The highest BCUT2D eigenvalue weighted by Crippen LogP contribution is 2.30. The molecule has 0 saturated heterocycles. The quantitative estimate of drug-likeness (QED) is 0.613. The summed E-state index contributed by atoms with van der Waals surface area (Å²) < 4.78 is 40.1. The Kier molecular flexibility index (Phi) is 3.96. The molecule has 0 spiro atoms. The minimum absolute atomic E-state index is 0.0587. The van der Waals surface area contributed by atoms with Crippen LogP contribution in [0.15, 0.2) is 6.07 Å². The first-order valence-electron chi connectivity index (χ1n) is 4.12. The number of hydrogen-bond donors (Lipinski definition) is 0. The van der Waals surface area contributed by atoms with Crippen molar-refractivity contribution >= 4 is 22.6 Å². The Balaban J connectivity index is 3.09. The van der Waals surface area contributed by atoms with Gasteiger partial charge >= 0.3 is 6.36 Å². The fourth-order valence-corrected chi connectivity index (χ4v) is 1.94. The van der Waals surface area contributed by atoms with Crippen molar-refractivity contribution in [2.75, 3.05) is 0 Å². The Morgan fingerprint density at radius 2 is 2.19 bits per heavy atom. The average molecular weight is 342 g/mol. The Labute approximate surface area is 103 Å². The molecule has 0 aliphatic carbocycles. The van der Waals surface area contributed by atoms with E-state index in [1.54, 1.807) is 22.6 Å². The molecule has 7 heteroatoms. The Morgan fingerprint density at radius 1 is 1.56 bits per heavy atom. The molecular formula is C9H6F3IN2O. The first-order chi connectivity index (χ1) is 7.33. The number of rotatable bonds is 2. The second-order valence-electron chi connectivity index (χ2n) is 2.93. The predicted molar refractivity (Wildman–Crippen MR) is 57.7 cm³/mol. The van der Waals surface area contributed by atoms with E-state index < -0.39 is 6.36 Å². The lowest BCUT2D eigenvalue weighted by Crippen LogP contribution is -2.19. The van der Waals surface area contributed by atoms with Crippen molar-refractivity contribution in [3.63, 3.8) is 0 Å². The van der Waals surface area contributed by atoms with Gasteiger partial charge in [0.2, 0.25) is 0 Å². The van der Waals surface area contributed by atoms with E-state index in [0.29, 0.717) is 11.3 Å². The summed E-state index contributed by atoms with van der Waals surface area (Å²) in [5.41, 5.74) is 0.737. The molecule has 0 amide bonds. The van der Waals surface area contributed by atoms with Gasteiger partial charge in [0.15, 0.2) is 5.75 Å². The zero-order valence-corrected chi connectivity index (χ0v) is 10.3. The maximum atomic E-state index is 12.0. The standard InChI is InChI=1S/C9H6F3IN2O/c1-5-4-6(2-3-14)15-8(13)7(5)16-9(10,11)12/h4H,2H2,1H3. The third kappa shape index (κ3) is 3.52. The van der Waals surface area contributed by atoms with E-state index in [9.17, 15) is 13.2 Å². The zero-order chi connectivity index (χ0) is 12.3. The summed E-state index contributed by atoms with van der Waals surface area (Å²) in [6, 6.07) is 3.29. The fraction of sp³-hybridized carbons (Fsp3) is 0.333. The highest BCUT2D eigenvalue weighted by Gasteiger charge is 2.33. The molecule has 1 aromatic rings. The lowest BCUT2D eigenvalue weighted by molar-refractivity contribution is -0.275. The maximum Gasteiger partial charge on any atom is 0.573 e. The van der Waals surface area contributed by atoms with Gasteiger partial charge in [-0.1, -0.05) is 0 Å². The van der Waals surface area contributed by atoms with Gasteiger partial charge < -0.3 is 4.74 Å². The minimum Gasteiger partial charge on any atom is -0.403 e. The van der Waals surface area contributed by atoms with Gasteiger partial charge in [0.25, 0.3) is 0 Å². The van der Waals surface area contributed by atoms with Crippen molar-refractivity contribution in [1.29, 1.82) is 5.26 Å². The van der Waals surface area contributed by atoms with E-state index in [2.05, 4.69) is 9.72 Å². The van der Waals surface area contributed by atoms with E-state index >= 15 is 0 Å². The van der Waals surface area contributed by atoms with Crippen LogP contribution in [0.5, 0.6) is 5.75 Å². The Hall–Kier alpha value is -1.04. The van der Waals surface area contributed by atoms with E-state index in [1.807, 2.05) is 6.07 Å². The van der Waals surface area contributed by atoms with Crippen LogP contribution < -0.4 is 4.74 Å². The van der Waals surface area contributed by atoms with Crippen LogP contribution in [0.4, 0.5) is 13.2 Å². The number of ether oxygens (including phenoxy) is 1. The van der Waals surface area contributed by atoms with Gasteiger partial charge in [-0.15, -0.1) is 13.2 Å². The molecule has 0 saturated carbocycles. The average Bonchev–Trinajstić information content (AvgIpc) is 2.10. The molecule has 0 aromatic carbocycles. The van der Waals surface area contributed by atoms with Crippen LogP contribution in [0, 0.1) is 22.0 Å². The molecule has 0 fully saturated rings. The van der Waals surface area contributed by atoms with Crippen LogP contribution in [-0.2, 0) is 6.42 Å². The maximum absolute atomic E-state index is 12.0. The molecule has 0 bridgehead atoms. The molecule has 0 atom stereocenters. The second kappa shape index (κ2) is 4.86. The summed E-state index contributed by atoms with van der Waals surface area (Å²) in [5.74, 6) is -0.310. The number of nitrogens with zero attached hydrogens (tertiary/aromatic N) is 2. The second-order valence-corrected chi connectivity index (χ2v) is 3.95. The van der Waals surface area contributed by atoms with Crippen LogP contribution in [-0.4, -0.2) is 11.3 Å². The summed E-state index contributed by atoms with van der Waals surface area (Å²) in [5, 5.41) is 8.45. The number of aryl methyl sites for hydroxylation is 1. The molecule has 0 unspecified atom stereocenters. The van der Waals surface area contributed by atoms with Crippen molar-refractivity contribution < 1.29 is 17.9 Å². The lowest BCUT2D eigenvalue weighted by Gasteiger charge is -2.13. The zero-order valence-electron chi connectivity index (χ0n) is 8.10. The Bertz CT molecular complexity index is 416. The van der Waals surface area contributed by atoms with Crippen LogP contribution in [0.1, 0.15) is 11.3 Å². The summed E-state index contributed by atoms with van der Waals surface area (Å²) in [6.45, 7) is 1.48. The largest absolute Gasteiger partial charge is 0.573 e. The molecule has 1 heterocycles. The molecular weight excluding hydrogens is 336 g/mol. The highest BCUT2D eigenvalue weighted by atomic mass is 127. The van der Waals surface area contributed by atoms with Crippen molar-refractivity contribution in [3.8, 4) is 11.8 Å². The summed E-state index contributed by atoms with van der Waals surface area (Å²) in [6.07, 6.45) is -4.67. The number of alkyl halides is 3. The van der Waals surface area contributed by atoms with Gasteiger partial charge in [-0.05, 0) is 41.1 Å². The van der Waals surface area contributed by atoms with Gasteiger partial charge in [-0.25, -0.2) is 4.98 Å². The number of hydrogen-bond acceptors (Lipinski definition) is 3. The van der Waals surface area contributed by atoms with Gasteiger partial charge in [0.1, 0.15) is 3.70 Å². The predicted octanol–water partition coefficient (Wildman–Crippen LogP) is 2.96. The molecule has 86 valence electrons. The molecule has 0 aliphatic heterocycles. The minimum atomic E-state index is -4.73. The van der Waals surface area contributed by atoms with E-state index in [4.69, 9.17) is 5.26 Å². The molecule has 1 rings (SSSR count). The van der Waals surface area contributed by atoms with Gasteiger partial charge in [0.05, 0.1) is 18.2 Å².